The van der Waals surface area contributed by atoms with Crippen molar-refractivity contribution < 1.29 is 4.74 Å². The van der Waals surface area contributed by atoms with E-state index in [1.165, 1.54) is 11.8 Å². The third-order valence-corrected chi connectivity index (χ3v) is 5.73. The Morgan fingerprint density at radius 2 is 1.76 bits per heavy atom. The van der Waals surface area contributed by atoms with Gasteiger partial charge in [0.05, 0.1) is 5.69 Å². The summed E-state index contributed by atoms with van der Waals surface area (Å²) < 4.78 is 7.43. The van der Waals surface area contributed by atoms with Crippen molar-refractivity contribution in [1.29, 1.82) is 5.26 Å². The molecule has 8 nitrogen and oxygen atoms in total. The Bertz CT molecular complexity index is 1510. The maximum absolute atomic E-state index is 9.90. The minimum Gasteiger partial charge on any atom is -0.457 e. The number of benzene rings is 2. The topological polar surface area (TPSA) is 101 Å². The summed E-state index contributed by atoms with van der Waals surface area (Å²) in [5.74, 6) is 2.21. The normalized spacial score (nSPS) is 10.7. The molecule has 3 aromatic heterocycles. The lowest BCUT2D eigenvalue weighted by Crippen LogP contribution is -2.03. The number of anilines is 2. The van der Waals surface area contributed by atoms with E-state index >= 15 is 0 Å². The fourth-order valence-electron chi connectivity index (χ4n) is 3.52. The van der Waals surface area contributed by atoms with Crippen LogP contribution >= 0.6 is 11.8 Å². The lowest BCUT2D eigenvalue weighted by Gasteiger charge is -2.10. The van der Waals surface area contributed by atoms with Gasteiger partial charge in [0.2, 0.25) is 5.95 Å². The molecular formula is C25H19N7OS. The summed E-state index contributed by atoms with van der Waals surface area (Å²) in [6.45, 7) is 2.01. The van der Waals surface area contributed by atoms with Gasteiger partial charge in [0.25, 0.3) is 5.78 Å². The zero-order valence-corrected chi connectivity index (χ0v) is 19.2. The zero-order chi connectivity index (χ0) is 23.5. The Morgan fingerprint density at radius 3 is 2.47 bits per heavy atom. The van der Waals surface area contributed by atoms with Gasteiger partial charge in [-0.05, 0) is 55.6 Å². The Labute approximate surface area is 200 Å². The molecule has 1 N–H and O–H groups in total. The van der Waals surface area contributed by atoms with Crippen LogP contribution in [0.15, 0.2) is 78.1 Å². The van der Waals surface area contributed by atoms with E-state index in [9.17, 15) is 5.26 Å². The molecule has 0 unspecified atom stereocenters. The Morgan fingerprint density at radius 1 is 1.00 bits per heavy atom. The summed E-state index contributed by atoms with van der Waals surface area (Å²) in [5.41, 5.74) is 3.90. The number of pyridine rings is 1. The van der Waals surface area contributed by atoms with Gasteiger partial charge in [-0.1, -0.05) is 23.8 Å². The first-order valence-corrected chi connectivity index (χ1v) is 11.6. The molecule has 5 rings (SSSR count). The number of nitriles is 1. The molecule has 0 saturated carbocycles. The smallest absolute Gasteiger partial charge is 0.255 e. The second-order valence-electron chi connectivity index (χ2n) is 7.41. The number of aryl methyl sites for hydroxylation is 1. The highest BCUT2D eigenvalue weighted by Crippen LogP contribution is 2.31. The molecule has 3 heterocycles. The van der Waals surface area contributed by atoms with Crippen molar-refractivity contribution in [1.82, 2.24) is 24.6 Å². The van der Waals surface area contributed by atoms with Crippen molar-refractivity contribution in [3.8, 4) is 28.8 Å². The van der Waals surface area contributed by atoms with Crippen molar-refractivity contribution in [2.24, 2.45) is 0 Å². The van der Waals surface area contributed by atoms with Crippen molar-refractivity contribution in [3.05, 3.63) is 84.2 Å². The Kier molecular flexibility index (Phi) is 5.81. The van der Waals surface area contributed by atoms with Crippen LogP contribution in [0.3, 0.4) is 0 Å². The minimum atomic E-state index is 0.381. The molecule has 0 fully saturated rings. The first kappa shape index (κ1) is 21.4. The summed E-state index contributed by atoms with van der Waals surface area (Å²) in [5, 5.41) is 18.3. The summed E-state index contributed by atoms with van der Waals surface area (Å²) >= 11 is 1.41. The van der Waals surface area contributed by atoms with Gasteiger partial charge in [0, 0.05) is 23.6 Å². The molecule has 0 amide bonds. The average molecular weight is 466 g/mol. The van der Waals surface area contributed by atoms with Gasteiger partial charge in [-0.2, -0.15) is 14.8 Å². The molecule has 0 aliphatic heterocycles. The Balaban J connectivity index is 1.49. The standard InChI is InChI=1S/C25H19N7OS/c1-16-4-3-5-17(14-16)22-21(15-26)23(34-2)29-25-30-24(31-32(22)25)28-18-6-8-19(9-7-18)33-20-10-12-27-13-11-20/h3-14H,1-2H3,(H,28,31). The number of rotatable bonds is 6. The van der Waals surface area contributed by atoms with Crippen molar-refractivity contribution >= 4 is 29.2 Å². The number of nitrogens with zero attached hydrogens (tertiary/aromatic N) is 6. The van der Waals surface area contributed by atoms with E-state index in [0.29, 0.717) is 39.5 Å². The largest absolute Gasteiger partial charge is 0.457 e. The summed E-state index contributed by atoms with van der Waals surface area (Å²) in [4.78, 5) is 13.1. The molecule has 5 aromatic rings. The predicted molar refractivity (Wildman–Crippen MR) is 131 cm³/mol. The summed E-state index contributed by atoms with van der Waals surface area (Å²) in [6, 6.07) is 21.3. The number of hydrogen-bond acceptors (Lipinski definition) is 8. The van der Waals surface area contributed by atoms with Gasteiger partial charge in [0.1, 0.15) is 28.2 Å². The second kappa shape index (κ2) is 9.21. The van der Waals surface area contributed by atoms with Gasteiger partial charge in [-0.25, -0.2) is 4.98 Å². The molecule has 0 aliphatic rings. The number of fused-ring (bicyclic) bond motifs is 1. The van der Waals surface area contributed by atoms with Crippen LogP contribution < -0.4 is 10.1 Å². The maximum Gasteiger partial charge on any atom is 0.255 e. The number of hydrogen-bond donors (Lipinski definition) is 1. The van der Waals surface area contributed by atoms with Crippen LogP contribution in [-0.2, 0) is 0 Å². The van der Waals surface area contributed by atoms with Crippen LogP contribution in [0.2, 0.25) is 0 Å². The third kappa shape index (κ3) is 4.27. The monoisotopic (exact) mass is 465 g/mol. The summed E-state index contributed by atoms with van der Waals surface area (Å²) in [6.07, 6.45) is 5.25. The van der Waals surface area contributed by atoms with E-state index in [4.69, 9.17) is 4.74 Å². The lowest BCUT2D eigenvalue weighted by molar-refractivity contribution is 0.482. The molecule has 166 valence electrons. The van der Waals surface area contributed by atoms with E-state index < -0.39 is 0 Å². The van der Waals surface area contributed by atoms with Crippen LogP contribution in [-0.4, -0.2) is 30.8 Å². The van der Waals surface area contributed by atoms with Gasteiger partial charge < -0.3 is 10.1 Å². The molecule has 9 heteroatoms. The van der Waals surface area contributed by atoms with Gasteiger partial charge >= 0.3 is 0 Å². The van der Waals surface area contributed by atoms with Gasteiger partial charge in [-0.3, -0.25) is 4.98 Å². The number of nitrogens with one attached hydrogen (secondary N) is 1. The molecular weight excluding hydrogens is 446 g/mol. The zero-order valence-electron chi connectivity index (χ0n) is 18.4. The molecule has 0 radical (unpaired) electrons. The van der Waals surface area contributed by atoms with Crippen molar-refractivity contribution in [2.75, 3.05) is 11.6 Å². The van der Waals surface area contributed by atoms with Gasteiger partial charge in [0.15, 0.2) is 0 Å². The molecule has 0 spiro atoms. The van der Waals surface area contributed by atoms with Crippen molar-refractivity contribution in [2.45, 2.75) is 11.9 Å². The number of aromatic nitrogens is 5. The molecule has 34 heavy (non-hydrogen) atoms. The van der Waals surface area contributed by atoms with Crippen LogP contribution in [0.4, 0.5) is 11.6 Å². The molecule has 0 saturated heterocycles. The van der Waals surface area contributed by atoms with E-state index in [1.807, 2.05) is 61.7 Å². The average Bonchev–Trinajstić information content (AvgIpc) is 3.26. The first-order chi connectivity index (χ1) is 16.6. The Hall–Kier alpha value is -4.42. The van der Waals surface area contributed by atoms with Crippen LogP contribution in [0, 0.1) is 18.3 Å². The number of ether oxygens (including phenoxy) is 1. The fraction of sp³-hybridized carbons (Fsp3) is 0.0800. The highest BCUT2D eigenvalue weighted by molar-refractivity contribution is 7.98. The van der Waals surface area contributed by atoms with E-state index in [1.54, 1.807) is 29.0 Å². The third-order valence-electron chi connectivity index (χ3n) is 5.05. The molecule has 0 aliphatic carbocycles. The van der Waals surface area contributed by atoms with Crippen LogP contribution in [0.25, 0.3) is 17.0 Å². The van der Waals surface area contributed by atoms with Crippen LogP contribution in [0.1, 0.15) is 11.1 Å². The maximum atomic E-state index is 9.90. The van der Waals surface area contributed by atoms with Gasteiger partial charge in [-0.15, -0.1) is 16.9 Å². The first-order valence-electron chi connectivity index (χ1n) is 10.4. The van der Waals surface area contributed by atoms with Crippen molar-refractivity contribution in [3.63, 3.8) is 0 Å². The van der Waals surface area contributed by atoms with E-state index in [0.717, 1.165) is 16.8 Å². The fourth-order valence-corrected chi connectivity index (χ4v) is 4.04. The predicted octanol–water partition coefficient (Wildman–Crippen LogP) is 5.62. The second-order valence-corrected chi connectivity index (χ2v) is 8.20. The highest BCUT2D eigenvalue weighted by atomic mass is 32.2. The molecule has 0 bridgehead atoms. The van der Waals surface area contributed by atoms with E-state index in [-0.39, 0.29) is 0 Å². The highest BCUT2D eigenvalue weighted by Gasteiger charge is 2.20. The molecule has 0 atom stereocenters. The lowest BCUT2D eigenvalue weighted by atomic mass is 10.1. The summed E-state index contributed by atoms with van der Waals surface area (Å²) in [7, 11) is 0. The van der Waals surface area contributed by atoms with Crippen LogP contribution in [0.5, 0.6) is 11.5 Å². The quantitative estimate of drug-likeness (QED) is 0.255. The molecule has 2 aromatic carbocycles. The SMILES string of the molecule is CSc1nc2nc(Nc3ccc(Oc4ccncc4)cc3)nn2c(-c2cccc(C)c2)c1C#N. The number of thioether (sulfide) groups is 1. The minimum absolute atomic E-state index is 0.381. The van der Waals surface area contributed by atoms with E-state index in [2.05, 4.69) is 31.4 Å².